The molecule has 0 radical (unpaired) electrons. The van der Waals surface area contributed by atoms with Gasteiger partial charge in [0.25, 0.3) is 5.91 Å². The molecular weight excluding hydrogens is 477 g/mol. The average molecular weight is 512 g/mol. The number of hydrogen-bond donors (Lipinski definition) is 3. The molecule has 8 nitrogen and oxygen atoms in total. The first kappa shape index (κ1) is 27.7. The SMILES string of the molecule is COc1cccc(OC)c1C(C=C(N)C(=O)NC(CCc1ccc(F)cc1)CC(=O)O)=NC1CCCC1. The van der Waals surface area contributed by atoms with Crippen LogP contribution in [-0.4, -0.2) is 49.0 Å². The van der Waals surface area contributed by atoms with Crippen LogP contribution >= 0.6 is 0 Å². The Kier molecular flexibility index (Phi) is 10.1. The lowest BCUT2D eigenvalue weighted by atomic mass is 10.0. The predicted molar refractivity (Wildman–Crippen MR) is 140 cm³/mol. The van der Waals surface area contributed by atoms with E-state index < -0.39 is 17.9 Å². The van der Waals surface area contributed by atoms with E-state index in [9.17, 15) is 19.1 Å². The van der Waals surface area contributed by atoms with Gasteiger partial charge in [-0.1, -0.05) is 31.0 Å². The van der Waals surface area contributed by atoms with Crippen LogP contribution in [0.15, 0.2) is 59.2 Å². The lowest BCUT2D eigenvalue weighted by Crippen LogP contribution is -2.39. The number of benzene rings is 2. The topological polar surface area (TPSA) is 123 Å². The van der Waals surface area contributed by atoms with Crippen molar-refractivity contribution in [3.8, 4) is 11.5 Å². The molecule has 1 atom stereocenters. The average Bonchev–Trinajstić information content (AvgIpc) is 3.40. The maximum atomic E-state index is 13.2. The van der Waals surface area contributed by atoms with Crippen LogP contribution in [0.4, 0.5) is 4.39 Å². The molecule has 3 rings (SSSR count). The van der Waals surface area contributed by atoms with Crippen molar-refractivity contribution in [3.63, 3.8) is 0 Å². The van der Waals surface area contributed by atoms with Crippen molar-refractivity contribution in [2.45, 2.75) is 57.0 Å². The van der Waals surface area contributed by atoms with Crippen LogP contribution in [0.1, 0.15) is 49.7 Å². The third-order valence-electron chi connectivity index (χ3n) is 6.34. The summed E-state index contributed by atoms with van der Waals surface area (Å²) in [6.07, 6.45) is 6.06. The summed E-state index contributed by atoms with van der Waals surface area (Å²) in [6, 6.07) is 10.7. The van der Waals surface area contributed by atoms with Crippen molar-refractivity contribution < 1.29 is 28.6 Å². The van der Waals surface area contributed by atoms with E-state index in [0.29, 0.717) is 35.6 Å². The van der Waals surface area contributed by atoms with E-state index in [-0.39, 0.29) is 24.0 Å². The minimum atomic E-state index is -1.05. The van der Waals surface area contributed by atoms with E-state index >= 15 is 0 Å². The Hall–Kier alpha value is -3.88. The van der Waals surface area contributed by atoms with Crippen LogP contribution in [0.25, 0.3) is 0 Å². The molecule has 0 spiro atoms. The summed E-state index contributed by atoms with van der Waals surface area (Å²) in [7, 11) is 3.09. The van der Waals surface area contributed by atoms with Gasteiger partial charge >= 0.3 is 5.97 Å². The van der Waals surface area contributed by atoms with Gasteiger partial charge in [-0.05, 0) is 61.6 Å². The normalized spacial score (nSPS) is 15.3. The Morgan fingerprint density at radius 1 is 1.14 bits per heavy atom. The van der Waals surface area contributed by atoms with E-state index in [0.717, 1.165) is 31.2 Å². The van der Waals surface area contributed by atoms with Crippen LogP contribution in [0.3, 0.4) is 0 Å². The van der Waals surface area contributed by atoms with Gasteiger partial charge < -0.3 is 25.6 Å². The Morgan fingerprint density at radius 2 is 1.76 bits per heavy atom. The Morgan fingerprint density at radius 3 is 2.32 bits per heavy atom. The number of carboxylic acids is 1. The number of carbonyl (C=O) groups is 2. The van der Waals surface area contributed by atoms with Crippen LogP contribution in [-0.2, 0) is 16.0 Å². The molecule has 4 N–H and O–H groups in total. The molecule has 1 unspecified atom stereocenters. The molecule has 0 bridgehead atoms. The number of amides is 1. The molecule has 1 aliphatic rings. The highest BCUT2D eigenvalue weighted by molar-refractivity contribution is 6.15. The van der Waals surface area contributed by atoms with Gasteiger partial charge in [0.05, 0.1) is 43.7 Å². The number of nitrogens with two attached hydrogens (primary N) is 1. The maximum absolute atomic E-state index is 13.2. The molecule has 0 heterocycles. The van der Waals surface area contributed by atoms with Crippen LogP contribution in [0.5, 0.6) is 11.5 Å². The molecule has 1 saturated carbocycles. The van der Waals surface area contributed by atoms with Crippen LogP contribution in [0.2, 0.25) is 0 Å². The van der Waals surface area contributed by atoms with Gasteiger partial charge in [-0.2, -0.15) is 0 Å². The fraction of sp³-hybridized carbons (Fsp3) is 0.393. The summed E-state index contributed by atoms with van der Waals surface area (Å²) in [4.78, 5) is 29.4. The molecular formula is C28H34FN3O5. The quantitative estimate of drug-likeness (QED) is 0.292. The summed E-state index contributed by atoms with van der Waals surface area (Å²) in [6.45, 7) is 0. The number of hydrogen-bond acceptors (Lipinski definition) is 6. The molecule has 2 aromatic rings. The summed E-state index contributed by atoms with van der Waals surface area (Å²) < 4.78 is 24.3. The number of aryl methyl sites for hydroxylation is 1. The molecule has 198 valence electrons. The number of carboxylic acid groups (broad SMARTS) is 1. The Bertz CT molecular complexity index is 1120. The zero-order chi connectivity index (χ0) is 26.8. The second-order valence-corrected chi connectivity index (χ2v) is 9.02. The number of allylic oxidation sites excluding steroid dienone is 1. The second-order valence-electron chi connectivity index (χ2n) is 9.02. The Balaban J connectivity index is 1.85. The number of nitrogens with zero attached hydrogens (tertiary/aromatic N) is 1. The van der Waals surface area contributed by atoms with E-state index in [2.05, 4.69) is 5.32 Å². The minimum Gasteiger partial charge on any atom is -0.496 e. The van der Waals surface area contributed by atoms with Gasteiger partial charge in [0.2, 0.25) is 0 Å². The van der Waals surface area contributed by atoms with Crippen molar-refractivity contribution in [1.82, 2.24) is 5.32 Å². The van der Waals surface area contributed by atoms with Crippen molar-refractivity contribution in [1.29, 1.82) is 0 Å². The van der Waals surface area contributed by atoms with Gasteiger partial charge in [-0.3, -0.25) is 14.6 Å². The van der Waals surface area contributed by atoms with E-state index in [1.807, 2.05) is 0 Å². The largest absolute Gasteiger partial charge is 0.496 e. The molecule has 9 heteroatoms. The fourth-order valence-corrected chi connectivity index (χ4v) is 4.42. The highest BCUT2D eigenvalue weighted by atomic mass is 19.1. The highest BCUT2D eigenvalue weighted by Gasteiger charge is 2.22. The van der Waals surface area contributed by atoms with Crippen molar-refractivity contribution in [3.05, 3.63) is 71.2 Å². The predicted octanol–water partition coefficient (Wildman–Crippen LogP) is 4.01. The molecule has 0 aromatic heterocycles. The molecule has 37 heavy (non-hydrogen) atoms. The van der Waals surface area contributed by atoms with Crippen molar-refractivity contribution in [2.24, 2.45) is 10.7 Å². The summed E-state index contributed by atoms with van der Waals surface area (Å²) in [5.74, 6) is -0.932. The number of aliphatic imine (C=N–C) groups is 1. The van der Waals surface area contributed by atoms with Gasteiger partial charge in [0.1, 0.15) is 17.3 Å². The van der Waals surface area contributed by atoms with Gasteiger partial charge in [-0.25, -0.2) is 4.39 Å². The van der Waals surface area contributed by atoms with E-state index in [1.165, 1.54) is 18.2 Å². The zero-order valence-corrected chi connectivity index (χ0v) is 21.2. The van der Waals surface area contributed by atoms with Crippen LogP contribution in [0, 0.1) is 5.82 Å². The van der Waals surface area contributed by atoms with Gasteiger partial charge in [-0.15, -0.1) is 0 Å². The summed E-state index contributed by atoms with van der Waals surface area (Å²) >= 11 is 0. The van der Waals surface area contributed by atoms with Gasteiger partial charge in [0, 0.05) is 6.04 Å². The standard InChI is InChI=1S/C28H34FN3O5/c1-36-24-8-5-9-25(37-2)27(24)23(31-20-6-3-4-7-20)17-22(30)28(35)32-21(16-26(33)34)15-12-18-10-13-19(29)14-11-18/h5,8-11,13-14,17,20-21H,3-4,6-7,12,15-16,30H2,1-2H3,(H,32,35)(H,33,34). The van der Waals surface area contributed by atoms with E-state index in [1.54, 1.807) is 44.6 Å². The fourth-order valence-electron chi connectivity index (χ4n) is 4.42. The first-order chi connectivity index (χ1) is 17.8. The third-order valence-corrected chi connectivity index (χ3v) is 6.34. The lowest BCUT2D eigenvalue weighted by Gasteiger charge is -2.18. The molecule has 1 amide bonds. The summed E-state index contributed by atoms with van der Waals surface area (Å²) in [5.41, 5.74) is 8.00. The Labute approximate surface area is 216 Å². The minimum absolute atomic E-state index is 0.0900. The number of carbonyl (C=O) groups excluding carboxylic acids is 1. The molecule has 1 aliphatic carbocycles. The third kappa shape index (κ3) is 8.06. The number of methoxy groups -OCH3 is 2. The van der Waals surface area contributed by atoms with Crippen LogP contribution < -0.4 is 20.5 Å². The molecule has 0 saturated heterocycles. The lowest BCUT2D eigenvalue weighted by molar-refractivity contribution is -0.137. The molecule has 0 aliphatic heterocycles. The smallest absolute Gasteiger partial charge is 0.305 e. The summed E-state index contributed by atoms with van der Waals surface area (Å²) in [5, 5.41) is 12.1. The second kappa shape index (κ2) is 13.4. The number of ether oxygens (including phenoxy) is 2. The molecule has 2 aromatic carbocycles. The first-order valence-corrected chi connectivity index (χ1v) is 12.3. The number of rotatable bonds is 12. The van der Waals surface area contributed by atoms with Crippen molar-refractivity contribution in [2.75, 3.05) is 14.2 Å². The maximum Gasteiger partial charge on any atom is 0.305 e. The first-order valence-electron chi connectivity index (χ1n) is 12.3. The van der Waals surface area contributed by atoms with Gasteiger partial charge in [0.15, 0.2) is 0 Å². The monoisotopic (exact) mass is 511 g/mol. The number of halogens is 1. The number of nitrogens with one attached hydrogen (secondary N) is 1. The highest BCUT2D eigenvalue weighted by Crippen LogP contribution is 2.31. The molecule has 1 fully saturated rings. The number of aliphatic carboxylic acids is 1. The zero-order valence-electron chi connectivity index (χ0n) is 21.2. The van der Waals surface area contributed by atoms with E-state index in [4.69, 9.17) is 20.2 Å². The van der Waals surface area contributed by atoms with Crippen molar-refractivity contribution >= 4 is 17.6 Å².